The van der Waals surface area contributed by atoms with Crippen LogP contribution in [0.3, 0.4) is 0 Å². The van der Waals surface area contributed by atoms with Crippen LogP contribution in [0.2, 0.25) is 0 Å². The summed E-state index contributed by atoms with van der Waals surface area (Å²) < 4.78 is 0. The van der Waals surface area contributed by atoms with Crippen molar-refractivity contribution in [3.63, 3.8) is 0 Å². The fourth-order valence-electron chi connectivity index (χ4n) is 0.905. The van der Waals surface area contributed by atoms with E-state index in [-0.39, 0.29) is 11.8 Å². The van der Waals surface area contributed by atoms with Gasteiger partial charge >= 0.3 is 0 Å². The number of allylic oxidation sites excluding steroid dienone is 2. The van der Waals surface area contributed by atoms with Crippen LogP contribution < -0.4 is 11.5 Å². The maximum absolute atomic E-state index is 10.6. The first-order valence-corrected chi connectivity index (χ1v) is 3.13. The molecule has 0 heterocycles. The fraction of sp³-hybridized carbons (Fsp3) is 0.286. The van der Waals surface area contributed by atoms with Crippen LogP contribution >= 0.6 is 0 Å². The monoisotopic (exact) mass is 138 g/mol. The lowest BCUT2D eigenvalue weighted by atomic mass is 9.99. The molecule has 4 N–H and O–H groups in total. The van der Waals surface area contributed by atoms with Gasteiger partial charge in [0.15, 0.2) is 0 Å². The van der Waals surface area contributed by atoms with Gasteiger partial charge in [-0.25, -0.2) is 0 Å². The third-order valence-corrected chi connectivity index (χ3v) is 1.46. The zero-order valence-corrected chi connectivity index (χ0v) is 5.58. The highest BCUT2D eigenvalue weighted by Gasteiger charge is 2.12. The Morgan fingerprint density at radius 3 is 2.80 bits per heavy atom. The number of carbonyl (C=O) groups is 1. The molecular formula is C7H10N2O. The molecule has 1 aliphatic carbocycles. The molecule has 1 atom stereocenters. The molecule has 1 amide bonds. The van der Waals surface area contributed by atoms with Crippen molar-refractivity contribution >= 4 is 5.91 Å². The molecule has 3 heteroatoms. The Labute approximate surface area is 59.4 Å². The average molecular weight is 138 g/mol. The van der Waals surface area contributed by atoms with E-state index in [9.17, 15) is 4.79 Å². The van der Waals surface area contributed by atoms with E-state index in [1.807, 2.05) is 6.08 Å². The van der Waals surface area contributed by atoms with Gasteiger partial charge in [-0.15, -0.1) is 0 Å². The molecule has 1 unspecified atom stereocenters. The van der Waals surface area contributed by atoms with Gasteiger partial charge in [0.1, 0.15) is 0 Å². The van der Waals surface area contributed by atoms with Crippen LogP contribution in [0.15, 0.2) is 23.9 Å². The van der Waals surface area contributed by atoms with Crippen molar-refractivity contribution in [2.24, 2.45) is 17.4 Å². The molecule has 3 nitrogen and oxygen atoms in total. The number of hydrogen-bond acceptors (Lipinski definition) is 2. The summed E-state index contributed by atoms with van der Waals surface area (Å²) in [4.78, 5) is 10.6. The van der Waals surface area contributed by atoms with Crippen molar-refractivity contribution in [1.29, 1.82) is 0 Å². The molecule has 0 radical (unpaired) electrons. The van der Waals surface area contributed by atoms with Crippen LogP contribution in [0, 0.1) is 5.92 Å². The maximum Gasteiger partial charge on any atom is 0.224 e. The summed E-state index contributed by atoms with van der Waals surface area (Å²) in [6, 6.07) is 0. The van der Waals surface area contributed by atoms with E-state index in [1.54, 1.807) is 12.2 Å². The minimum atomic E-state index is -0.313. The smallest absolute Gasteiger partial charge is 0.224 e. The van der Waals surface area contributed by atoms with Gasteiger partial charge in [0, 0.05) is 5.70 Å². The number of amides is 1. The molecule has 10 heavy (non-hydrogen) atoms. The predicted molar refractivity (Wildman–Crippen MR) is 38.7 cm³/mol. The summed E-state index contributed by atoms with van der Waals surface area (Å²) in [7, 11) is 0. The highest BCUT2D eigenvalue weighted by molar-refractivity contribution is 5.79. The van der Waals surface area contributed by atoms with Crippen LogP contribution in [-0.4, -0.2) is 5.91 Å². The molecule has 0 aromatic carbocycles. The van der Waals surface area contributed by atoms with Crippen LogP contribution in [-0.2, 0) is 4.79 Å². The summed E-state index contributed by atoms with van der Waals surface area (Å²) in [6.45, 7) is 0. The van der Waals surface area contributed by atoms with Gasteiger partial charge in [-0.05, 0) is 18.6 Å². The average Bonchev–Trinajstić information content (AvgIpc) is 1.88. The Kier molecular flexibility index (Phi) is 1.76. The Balaban J connectivity index is 2.69. The third-order valence-electron chi connectivity index (χ3n) is 1.46. The summed E-state index contributed by atoms with van der Waals surface area (Å²) in [5.41, 5.74) is 11.1. The van der Waals surface area contributed by atoms with Crippen molar-refractivity contribution in [3.05, 3.63) is 23.9 Å². The van der Waals surface area contributed by atoms with Crippen molar-refractivity contribution in [2.75, 3.05) is 0 Å². The second kappa shape index (κ2) is 2.56. The number of rotatable bonds is 1. The number of nitrogens with two attached hydrogens (primary N) is 2. The Bertz CT molecular complexity index is 206. The largest absolute Gasteiger partial charge is 0.399 e. The van der Waals surface area contributed by atoms with E-state index >= 15 is 0 Å². The molecule has 0 spiro atoms. The lowest BCUT2D eigenvalue weighted by Gasteiger charge is -2.09. The van der Waals surface area contributed by atoms with Crippen molar-refractivity contribution in [3.8, 4) is 0 Å². The van der Waals surface area contributed by atoms with Crippen LogP contribution in [0.5, 0.6) is 0 Å². The molecule has 0 saturated carbocycles. The predicted octanol–water partition coefficient (Wildman–Crippen LogP) is -0.110. The van der Waals surface area contributed by atoms with E-state index in [4.69, 9.17) is 11.5 Å². The van der Waals surface area contributed by atoms with Gasteiger partial charge in [-0.3, -0.25) is 4.79 Å². The number of hydrogen-bond donors (Lipinski definition) is 2. The van der Waals surface area contributed by atoms with Gasteiger partial charge in [0.05, 0.1) is 5.92 Å². The zero-order valence-electron chi connectivity index (χ0n) is 5.58. The molecule has 0 aromatic heterocycles. The van der Waals surface area contributed by atoms with E-state index in [2.05, 4.69) is 0 Å². The molecule has 0 aliphatic heterocycles. The number of carbonyl (C=O) groups excluding carboxylic acids is 1. The summed E-state index contributed by atoms with van der Waals surface area (Å²) in [6.07, 6.45) is 5.99. The van der Waals surface area contributed by atoms with E-state index in [0.717, 1.165) is 0 Å². The van der Waals surface area contributed by atoms with Crippen molar-refractivity contribution in [1.82, 2.24) is 0 Å². The highest BCUT2D eigenvalue weighted by Crippen LogP contribution is 2.12. The molecule has 0 fully saturated rings. The summed E-state index contributed by atoms with van der Waals surface area (Å²) >= 11 is 0. The first-order chi connectivity index (χ1) is 4.70. The summed E-state index contributed by atoms with van der Waals surface area (Å²) in [5.74, 6) is -0.516. The van der Waals surface area contributed by atoms with Gasteiger partial charge in [-0.1, -0.05) is 6.08 Å². The second-order valence-corrected chi connectivity index (χ2v) is 2.31. The fourth-order valence-corrected chi connectivity index (χ4v) is 0.905. The molecule has 1 aliphatic rings. The minimum absolute atomic E-state index is 0.204. The molecule has 0 aromatic rings. The lowest BCUT2D eigenvalue weighted by Crippen LogP contribution is -2.23. The topological polar surface area (TPSA) is 69.1 Å². The second-order valence-electron chi connectivity index (χ2n) is 2.31. The Morgan fingerprint density at radius 1 is 1.70 bits per heavy atom. The zero-order chi connectivity index (χ0) is 7.56. The standard InChI is InChI=1S/C7H10N2O/c8-6-3-1-2-5(4-6)7(9)10/h1,3-5H,2,8H2,(H2,9,10). The van der Waals surface area contributed by atoms with Crippen molar-refractivity contribution < 1.29 is 4.79 Å². The van der Waals surface area contributed by atoms with Gasteiger partial charge in [0.2, 0.25) is 5.91 Å². The van der Waals surface area contributed by atoms with Crippen LogP contribution in [0.1, 0.15) is 6.42 Å². The molecular weight excluding hydrogens is 128 g/mol. The summed E-state index contributed by atoms with van der Waals surface area (Å²) in [5, 5.41) is 0. The Hall–Kier alpha value is -1.25. The van der Waals surface area contributed by atoms with Gasteiger partial charge in [0.25, 0.3) is 0 Å². The SMILES string of the molecule is NC(=O)C1C=C(N)C=CC1. The van der Waals surface area contributed by atoms with Gasteiger partial charge < -0.3 is 11.5 Å². The maximum atomic E-state index is 10.6. The lowest BCUT2D eigenvalue weighted by molar-refractivity contribution is -0.120. The van der Waals surface area contributed by atoms with Crippen LogP contribution in [0.25, 0.3) is 0 Å². The molecule has 1 rings (SSSR count). The quantitative estimate of drug-likeness (QED) is 0.530. The molecule has 54 valence electrons. The number of primary amides is 1. The molecule has 0 bridgehead atoms. The molecule has 0 saturated heterocycles. The first-order valence-electron chi connectivity index (χ1n) is 3.13. The van der Waals surface area contributed by atoms with Crippen molar-refractivity contribution in [2.45, 2.75) is 6.42 Å². The van der Waals surface area contributed by atoms with Crippen LogP contribution in [0.4, 0.5) is 0 Å². The van der Waals surface area contributed by atoms with E-state index in [1.165, 1.54) is 0 Å². The highest BCUT2D eigenvalue weighted by atomic mass is 16.1. The minimum Gasteiger partial charge on any atom is -0.399 e. The first kappa shape index (κ1) is 6.86. The van der Waals surface area contributed by atoms with E-state index in [0.29, 0.717) is 12.1 Å². The van der Waals surface area contributed by atoms with Gasteiger partial charge in [-0.2, -0.15) is 0 Å². The third kappa shape index (κ3) is 1.37. The Morgan fingerprint density at radius 2 is 2.40 bits per heavy atom. The van der Waals surface area contributed by atoms with E-state index < -0.39 is 0 Å². The normalized spacial score (nSPS) is 24.0.